The van der Waals surface area contributed by atoms with E-state index < -0.39 is 0 Å². The molecule has 0 saturated heterocycles. The van der Waals surface area contributed by atoms with Crippen LogP contribution in [0, 0.1) is 5.41 Å². The minimum atomic E-state index is 0. The van der Waals surface area contributed by atoms with Crippen molar-refractivity contribution in [1.29, 1.82) is 0 Å². The molecule has 0 radical (unpaired) electrons. The SMILES string of the molecule is C.CCC1(C)C=CC2=C(C=C1)CCCC2. The van der Waals surface area contributed by atoms with Gasteiger partial charge in [0.1, 0.15) is 0 Å². The van der Waals surface area contributed by atoms with Gasteiger partial charge in [-0.15, -0.1) is 0 Å². The maximum Gasteiger partial charge on any atom is 0.00365 e. The van der Waals surface area contributed by atoms with Crippen LogP contribution in [0.5, 0.6) is 0 Å². The highest BCUT2D eigenvalue weighted by atomic mass is 14.2. The molecule has 0 spiro atoms. The Balaban J connectivity index is 0.00000112. The standard InChI is InChI=1S/C14H20.CH4/c1-3-14(2)10-8-12-6-4-5-7-13(12)9-11-14;/h8-11H,3-7H2,1-2H3;1H4. The lowest BCUT2D eigenvalue weighted by molar-refractivity contribution is 0.530. The Morgan fingerprint density at radius 2 is 1.53 bits per heavy atom. The minimum Gasteiger partial charge on any atom is -0.0776 e. The zero-order valence-electron chi connectivity index (χ0n) is 9.34. The highest BCUT2D eigenvalue weighted by Crippen LogP contribution is 2.34. The zero-order chi connectivity index (χ0) is 10.0. The molecule has 2 rings (SSSR count). The van der Waals surface area contributed by atoms with E-state index in [0.29, 0.717) is 0 Å². The van der Waals surface area contributed by atoms with Crippen LogP contribution in [0.15, 0.2) is 35.5 Å². The summed E-state index contributed by atoms with van der Waals surface area (Å²) in [7, 11) is 0. The largest absolute Gasteiger partial charge is 0.0776 e. The zero-order valence-corrected chi connectivity index (χ0v) is 9.34. The summed E-state index contributed by atoms with van der Waals surface area (Å²) in [5.74, 6) is 0. The van der Waals surface area contributed by atoms with Gasteiger partial charge in [0.15, 0.2) is 0 Å². The van der Waals surface area contributed by atoms with Crippen LogP contribution in [0.2, 0.25) is 0 Å². The van der Waals surface area contributed by atoms with Gasteiger partial charge in [-0.1, -0.05) is 45.6 Å². The van der Waals surface area contributed by atoms with Gasteiger partial charge in [-0.25, -0.2) is 0 Å². The van der Waals surface area contributed by atoms with Gasteiger partial charge in [0.25, 0.3) is 0 Å². The first-order chi connectivity index (χ1) is 6.73. The minimum absolute atomic E-state index is 0. The molecule has 2 aliphatic carbocycles. The molecular weight excluding hydrogens is 180 g/mol. The molecule has 0 atom stereocenters. The van der Waals surface area contributed by atoms with E-state index in [1.807, 2.05) is 0 Å². The van der Waals surface area contributed by atoms with E-state index in [0.717, 1.165) is 0 Å². The first kappa shape index (κ1) is 12.3. The quantitative estimate of drug-likeness (QED) is 0.561. The van der Waals surface area contributed by atoms with Gasteiger partial charge in [-0.2, -0.15) is 0 Å². The smallest absolute Gasteiger partial charge is 0.00365 e. The van der Waals surface area contributed by atoms with Gasteiger partial charge in [-0.3, -0.25) is 0 Å². The van der Waals surface area contributed by atoms with Crippen molar-refractivity contribution in [3.63, 3.8) is 0 Å². The summed E-state index contributed by atoms with van der Waals surface area (Å²) in [6, 6.07) is 0. The summed E-state index contributed by atoms with van der Waals surface area (Å²) in [6.07, 6.45) is 16.0. The molecule has 0 fully saturated rings. The molecule has 0 N–H and O–H groups in total. The topological polar surface area (TPSA) is 0 Å². The molecule has 0 aromatic heterocycles. The van der Waals surface area contributed by atoms with E-state index in [2.05, 4.69) is 38.2 Å². The molecule has 0 amide bonds. The maximum absolute atomic E-state index is 2.39. The molecule has 15 heavy (non-hydrogen) atoms. The van der Waals surface area contributed by atoms with Gasteiger partial charge in [0.2, 0.25) is 0 Å². The van der Waals surface area contributed by atoms with Gasteiger partial charge in [0, 0.05) is 5.41 Å². The highest BCUT2D eigenvalue weighted by Gasteiger charge is 2.18. The van der Waals surface area contributed by atoms with Crippen molar-refractivity contribution >= 4 is 0 Å². The lowest BCUT2D eigenvalue weighted by Gasteiger charge is -2.18. The molecule has 0 bridgehead atoms. The monoisotopic (exact) mass is 204 g/mol. The maximum atomic E-state index is 2.39. The third-order valence-electron chi connectivity index (χ3n) is 3.65. The van der Waals surface area contributed by atoms with Gasteiger partial charge >= 0.3 is 0 Å². The van der Waals surface area contributed by atoms with Crippen LogP contribution in [0.4, 0.5) is 0 Å². The highest BCUT2D eigenvalue weighted by molar-refractivity contribution is 5.39. The van der Waals surface area contributed by atoms with Crippen molar-refractivity contribution in [2.75, 3.05) is 0 Å². The fourth-order valence-corrected chi connectivity index (χ4v) is 2.21. The third-order valence-corrected chi connectivity index (χ3v) is 3.65. The summed E-state index contributed by atoms with van der Waals surface area (Å²) in [5, 5.41) is 0. The Labute approximate surface area is 94.8 Å². The van der Waals surface area contributed by atoms with E-state index in [-0.39, 0.29) is 12.8 Å². The normalized spacial score (nSPS) is 23.1. The van der Waals surface area contributed by atoms with Crippen molar-refractivity contribution in [3.8, 4) is 0 Å². The first-order valence-corrected chi connectivity index (χ1v) is 5.84. The summed E-state index contributed by atoms with van der Waals surface area (Å²) >= 11 is 0. The Kier molecular flexibility index (Phi) is 3.96. The summed E-state index contributed by atoms with van der Waals surface area (Å²) in [4.78, 5) is 0. The van der Waals surface area contributed by atoms with Crippen molar-refractivity contribution < 1.29 is 0 Å². The second-order valence-electron chi connectivity index (χ2n) is 4.78. The second-order valence-corrected chi connectivity index (χ2v) is 4.78. The fraction of sp³-hybridized carbons (Fsp3) is 0.600. The molecule has 0 aromatic carbocycles. The van der Waals surface area contributed by atoms with E-state index >= 15 is 0 Å². The Morgan fingerprint density at radius 1 is 1.07 bits per heavy atom. The van der Waals surface area contributed by atoms with Gasteiger partial charge in [0.05, 0.1) is 0 Å². The van der Waals surface area contributed by atoms with E-state index in [4.69, 9.17) is 0 Å². The van der Waals surface area contributed by atoms with Gasteiger partial charge < -0.3 is 0 Å². The van der Waals surface area contributed by atoms with Crippen LogP contribution in [-0.2, 0) is 0 Å². The van der Waals surface area contributed by atoms with Crippen molar-refractivity contribution in [3.05, 3.63) is 35.5 Å². The molecule has 0 saturated carbocycles. The Morgan fingerprint density at radius 3 is 1.93 bits per heavy atom. The fourth-order valence-electron chi connectivity index (χ4n) is 2.21. The average Bonchev–Trinajstić information content (AvgIpc) is 2.40. The summed E-state index contributed by atoms with van der Waals surface area (Å²) < 4.78 is 0. The van der Waals surface area contributed by atoms with Crippen LogP contribution in [0.25, 0.3) is 0 Å². The summed E-state index contributed by atoms with van der Waals surface area (Å²) in [6.45, 7) is 4.58. The number of allylic oxidation sites excluding steroid dienone is 6. The third kappa shape index (κ3) is 2.62. The van der Waals surface area contributed by atoms with Crippen LogP contribution in [-0.4, -0.2) is 0 Å². The van der Waals surface area contributed by atoms with Crippen LogP contribution >= 0.6 is 0 Å². The molecule has 0 heterocycles. The van der Waals surface area contributed by atoms with Gasteiger partial charge in [-0.05, 0) is 43.3 Å². The van der Waals surface area contributed by atoms with Crippen LogP contribution < -0.4 is 0 Å². The number of hydrogen-bond acceptors (Lipinski definition) is 0. The van der Waals surface area contributed by atoms with E-state index in [9.17, 15) is 0 Å². The molecule has 0 nitrogen and oxygen atoms in total. The van der Waals surface area contributed by atoms with E-state index in [1.165, 1.54) is 32.1 Å². The summed E-state index contributed by atoms with van der Waals surface area (Å²) in [5.41, 5.74) is 3.46. The molecular formula is C15H24. The van der Waals surface area contributed by atoms with Crippen LogP contribution in [0.1, 0.15) is 53.4 Å². The molecule has 0 aliphatic heterocycles. The van der Waals surface area contributed by atoms with Crippen molar-refractivity contribution in [2.45, 2.75) is 53.4 Å². The number of hydrogen-bond donors (Lipinski definition) is 0. The number of rotatable bonds is 1. The second kappa shape index (κ2) is 4.83. The molecule has 0 aromatic rings. The van der Waals surface area contributed by atoms with Crippen molar-refractivity contribution in [1.82, 2.24) is 0 Å². The molecule has 0 unspecified atom stereocenters. The average molecular weight is 204 g/mol. The van der Waals surface area contributed by atoms with Crippen molar-refractivity contribution in [2.24, 2.45) is 5.41 Å². The molecule has 2 aliphatic rings. The molecule has 0 heteroatoms. The van der Waals surface area contributed by atoms with E-state index in [1.54, 1.807) is 11.1 Å². The predicted molar refractivity (Wildman–Crippen MR) is 68.9 cm³/mol. The lowest BCUT2D eigenvalue weighted by Crippen LogP contribution is -2.06. The first-order valence-electron chi connectivity index (χ1n) is 5.84. The molecule has 84 valence electrons. The van der Waals surface area contributed by atoms with Crippen LogP contribution in [0.3, 0.4) is 0 Å². The Hall–Kier alpha value is -0.780. The lowest BCUT2D eigenvalue weighted by atomic mass is 9.87. The Bertz CT molecular complexity index is 276. The predicted octanol–water partition coefficient (Wildman–Crippen LogP) is 5.04.